The Morgan fingerprint density at radius 1 is 0.875 bits per heavy atom. The monoisotopic (exact) mass is 510 g/mol. The van der Waals surface area contributed by atoms with Gasteiger partial charge in [-0.1, -0.05) is 51.8 Å². The molecular formula is C21H31BrN6O4. The highest BCUT2D eigenvalue weighted by Crippen LogP contribution is 2.33. The minimum Gasteiger partial charge on any atom is -0.493 e. The van der Waals surface area contributed by atoms with E-state index in [1.165, 1.54) is 7.11 Å². The highest BCUT2D eigenvalue weighted by Gasteiger charge is 2.17. The van der Waals surface area contributed by atoms with Gasteiger partial charge >= 0.3 is 5.97 Å². The fourth-order valence-electron chi connectivity index (χ4n) is 2.97. The second-order valence-corrected chi connectivity index (χ2v) is 7.57. The van der Waals surface area contributed by atoms with Crippen molar-refractivity contribution in [3.8, 4) is 11.5 Å². The molecule has 0 bridgehead atoms. The third-order valence-electron chi connectivity index (χ3n) is 4.67. The summed E-state index contributed by atoms with van der Waals surface area (Å²) in [5.74, 6) is 0.753. The number of rotatable bonds is 18. The number of alkyl halides is 1. The normalized spacial score (nSPS) is 10.1. The maximum atomic E-state index is 12.1. The van der Waals surface area contributed by atoms with Crippen LogP contribution in [-0.2, 0) is 10.1 Å². The minimum atomic E-state index is -0.447. The molecule has 10 nitrogen and oxygen atoms in total. The molecule has 0 spiro atoms. The number of ether oxygens (including phenoxy) is 3. The molecule has 0 fully saturated rings. The molecule has 0 amide bonds. The first kappa shape index (κ1) is 27.4. The van der Waals surface area contributed by atoms with Crippen molar-refractivity contribution in [1.82, 2.24) is 0 Å². The van der Waals surface area contributed by atoms with E-state index in [9.17, 15) is 4.79 Å². The number of halogens is 1. The van der Waals surface area contributed by atoms with E-state index in [1.807, 2.05) is 0 Å². The zero-order chi connectivity index (χ0) is 23.4. The highest BCUT2D eigenvalue weighted by molar-refractivity contribution is 9.08. The molecule has 0 heterocycles. The lowest BCUT2D eigenvalue weighted by molar-refractivity contribution is 0.0599. The first-order valence-electron chi connectivity index (χ1n) is 10.8. The Bertz CT molecular complexity index is 741. The van der Waals surface area contributed by atoms with E-state index in [1.54, 1.807) is 12.1 Å². The predicted octanol–water partition coefficient (Wildman–Crippen LogP) is 6.87. The van der Waals surface area contributed by atoms with Gasteiger partial charge in [0.1, 0.15) is 11.5 Å². The molecule has 0 saturated heterocycles. The molecule has 0 aliphatic carbocycles. The van der Waals surface area contributed by atoms with E-state index < -0.39 is 5.97 Å². The van der Waals surface area contributed by atoms with Gasteiger partial charge in [0, 0.05) is 33.8 Å². The lowest BCUT2D eigenvalue weighted by Crippen LogP contribution is -2.08. The standard InChI is InChI=1S/C21H31BrN6O4/c1-30-21(29)17-14-19(31-12-8-4-2-6-10-25-27-23)18(16-22)20(15-17)32-13-9-5-3-7-11-26-28-24/h14-15H,2-13,16H2,1H3. The smallest absolute Gasteiger partial charge is 0.338 e. The van der Waals surface area contributed by atoms with E-state index in [0.29, 0.717) is 48.7 Å². The minimum absolute atomic E-state index is 0.380. The number of carbonyl (C=O) groups is 1. The topological polar surface area (TPSA) is 142 Å². The lowest BCUT2D eigenvalue weighted by Gasteiger charge is -2.17. The van der Waals surface area contributed by atoms with Gasteiger partial charge in [0.15, 0.2) is 0 Å². The van der Waals surface area contributed by atoms with Crippen LogP contribution in [0.5, 0.6) is 11.5 Å². The van der Waals surface area contributed by atoms with Crippen molar-refractivity contribution in [2.45, 2.75) is 56.7 Å². The van der Waals surface area contributed by atoms with Crippen molar-refractivity contribution in [3.63, 3.8) is 0 Å². The van der Waals surface area contributed by atoms with Gasteiger partial charge in [-0.15, -0.1) is 0 Å². The van der Waals surface area contributed by atoms with Crippen LogP contribution >= 0.6 is 15.9 Å². The third kappa shape index (κ3) is 11.1. The van der Waals surface area contributed by atoms with E-state index in [0.717, 1.165) is 56.9 Å². The molecule has 0 N–H and O–H groups in total. The van der Waals surface area contributed by atoms with Crippen molar-refractivity contribution in [1.29, 1.82) is 0 Å². The summed E-state index contributed by atoms with van der Waals surface area (Å²) in [4.78, 5) is 17.6. The summed E-state index contributed by atoms with van der Waals surface area (Å²) in [7, 11) is 1.34. The molecule has 0 unspecified atom stereocenters. The van der Waals surface area contributed by atoms with Crippen LogP contribution < -0.4 is 9.47 Å². The van der Waals surface area contributed by atoms with Crippen molar-refractivity contribution in [3.05, 3.63) is 44.1 Å². The Morgan fingerprint density at radius 2 is 1.34 bits per heavy atom. The van der Waals surface area contributed by atoms with Gasteiger partial charge in [-0.05, 0) is 48.9 Å². The predicted molar refractivity (Wildman–Crippen MR) is 126 cm³/mol. The maximum absolute atomic E-state index is 12.1. The summed E-state index contributed by atoms with van der Waals surface area (Å²) in [5, 5.41) is 7.58. The Hall–Kier alpha value is -2.61. The van der Waals surface area contributed by atoms with Crippen LogP contribution in [-0.4, -0.2) is 39.4 Å². The van der Waals surface area contributed by atoms with Crippen LogP contribution in [0.1, 0.15) is 67.3 Å². The van der Waals surface area contributed by atoms with Crippen LogP contribution in [0.4, 0.5) is 0 Å². The number of azide groups is 2. The van der Waals surface area contributed by atoms with Crippen LogP contribution in [0.3, 0.4) is 0 Å². The lowest BCUT2D eigenvalue weighted by atomic mass is 10.1. The molecule has 1 aromatic rings. The number of hydrogen-bond donors (Lipinski definition) is 0. The van der Waals surface area contributed by atoms with Crippen molar-refractivity contribution in [2.24, 2.45) is 10.2 Å². The van der Waals surface area contributed by atoms with Gasteiger partial charge < -0.3 is 14.2 Å². The van der Waals surface area contributed by atoms with E-state index in [-0.39, 0.29) is 0 Å². The summed E-state index contributed by atoms with van der Waals surface area (Å²) in [6.45, 7) is 2.05. The van der Waals surface area contributed by atoms with Gasteiger partial charge in [0.2, 0.25) is 0 Å². The van der Waals surface area contributed by atoms with E-state index in [2.05, 4.69) is 36.0 Å². The fraction of sp³-hybridized carbons (Fsp3) is 0.667. The molecule has 1 aromatic carbocycles. The van der Waals surface area contributed by atoms with Gasteiger partial charge in [0.05, 0.1) is 25.9 Å². The Morgan fingerprint density at radius 3 is 1.75 bits per heavy atom. The molecule has 0 radical (unpaired) electrons. The highest BCUT2D eigenvalue weighted by atomic mass is 79.9. The number of esters is 1. The summed E-state index contributed by atoms with van der Waals surface area (Å²) in [5.41, 5.74) is 17.8. The molecular weight excluding hydrogens is 480 g/mol. The summed E-state index contributed by atoms with van der Waals surface area (Å²) < 4.78 is 16.8. The van der Waals surface area contributed by atoms with Gasteiger partial charge in [0.25, 0.3) is 0 Å². The average molecular weight is 511 g/mol. The molecule has 0 saturated carbocycles. The maximum Gasteiger partial charge on any atom is 0.338 e. The SMILES string of the molecule is COC(=O)c1cc(OCCCCCCN=[N+]=[N-])c(CBr)c(OCCCCCCN=[N+]=[N-])c1. The molecule has 0 atom stereocenters. The van der Waals surface area contributed by atoms with Crippen molar-refractivity contribution in [2.75, 3.05) is 33.4 Å². The first-order chi connectivity index (χ1) is 15.7. The van der Waals surface area contributed by atoms with Crippen LogP contribution in [0.15, 0.2) is 22.4 Å². The molecule has 32 heavy (non-hydrogen) atoms. The summed E-state index contributed by atoms with van der Waals surface area (Å²) in [6.07, 6.45) is 7.28. The van der Waals surface area contributed by atoms with E-state index >= 15 is 0 Å². The van der Waals surface area contributed by atoms with E-state index in [4.69, 9.17) is 25.3 Å². The zero-order valence-electron chi connectivity index (χ0n) is 18.5. The number of methoxy groups -OCH3 is 1. The molecule has 1 rings (SSSR count). The molecule has 11 heteroatoms. The van der Waals surface area contributed by atoms with Crippen molar-refractivity contribution < 1.29 is 19.0 Å². The quantitative estimate of drug-likeness (QED) is 0.0529. The second-order valence-electron chi connectivity index (χ2n) is 7.01. The summed E-state index contributed by atoms with van der Waals surface area (Å²) >= 11 is 3.50. The van der Waals surface area contributed by atoms with Gasteiger partial charge in [-0.3, -0.25) is 0 Å². The zero-order valence-corrected chi connectivity index (χ0v) is 20.1. The van der Waals surface area contributed by atoms with Crippen molar-refractivity contribution >= 4 is 21.9 Å². The molecule has 0 aliphatic rings. The van der Waals surface area contributed by atoms with Crippen LogP contribution in [0, 0.1) is 0 Å². The Balaban J connectivity index is 2.66. The van der Waals surface area contributed by atoms with Gasteiger partial charge in [-0.2, -0.15) is 0 Å². The fourth-order valence-corrected chi connectivity index (χ4v) is 3.53. The first-order valence-corrected chi connectivity index (χ1v) is 11.9. The van der Waals surface area contributed by atoms with Crippen LogP contribution in [0.2, 0.25) is 0 Å². The number of carbonyl (C=O) groups excluding carboxylic acids is 1. The number of unbranched alkanes of at least 4 members (excludes halogenated alkanes) is 6. The molecule has 0 aliphatic heterocycles. The Kier molecular flexibility index (Phi) is 15.4. The number of hydrogen-bond acceptors (Lipinski definition) is 6. The molecule has 176 valence electrons. The number of nitrogens with zero attached hydrogens (tertiary/aromatic N) is 6. The Labute approximate surface area is 197 Å². The third-order valence-corrected chi connectivity index (χ3v) is 5.23. The molecule has 0 aromatic heterocycles. The average Bonchev–Trinajstić information content (AvgIpc) is 2.81. The van der Waals surface area contributed by atoms with Crippen LogP contribution in [0.25, 0.3) is 20.9 Å². The second kappa shape index (κ2) is 18.0. The van der Waals surface area contributed by atoms with Gasteiger partial charge in [-0.25, -0.2) is 4.79 Å². The number of benzene rings is 1. The summed E-state index contributed by atoms with van der Waals surface area (Å²) in [6, 6.07) is 3.37. The largest absolute Gasteiger partial charge is 0.493 e.